The number of thioether (sulfide) groups is 1. The first kappa shape index (κ1) is 15.3. The molecular formula is C14H17FO4S. The van der Waals surface area contributed by atoms with Crippen molar-refractivity contribution in [2.75, 3.05) is 19.0 Å². The van der Waals surface area contributed by atoms with Crippen molar-refractivity contribution in [2.24, 2.45) is 0 Å². The average molecular weight is 300 g/mol. The lowest BCUT2D eigenvalue weighted by molar-refractivity contribution is -0.158. The Morgan fingerprint density at radius 3 is 3.05 bits per heavy atom. The molecule has 6 heteroatoms. The van der Waals surface area contributed by atoms with Gasteiger partial charge < -0.3 is 14.6 Å². The van der Waals surface area contributed by atoms with E-state index in [1.54, 1.807) is 6.07 Å². The van der Waals surface area contributed by atoms with Crippen LogP contribution in [0.3, 0.4) is 0 Å². The Balaban J connectivity index is 1.76. The number of rotatable bonds is 6. The molecule has 1 aromatic carbocycles. The predicted molar refractivity (Wildman–Crippen MR) is 73.6 cm³/mol. The monoisotopic (exact) mass is 300 g/mol. The van der Waals surface area contributed by atoms with Crippen molar-refractivity contribution in [1.29, 1.82) is 0 Å². The van der Waals surface area contributed by atoms with E-state index >= 15 is 0 Å². The van der Waals surface area contributed by atoms with Gasteiger partial charge in [0.05, 0.1) is 12.2 Å². The van der Waals surface area contributed by atoms with E-state index in [2.05, 4.69) is 0 Å². The first-order chi connectivity index (χ1) is 9.66. The maximum absolute atomic E-state index is 13.2. The Labute approximate surface area is 121 Å². The third kappa shape index (κ3) is 4.47. The highest BCUT2D eigenvalue weighted by molar-refractivity contribution is 7.99. The Morgan fingerprint density at radius 2 is 2.35 bits per heavy atom. The van der Waals surface area contributed by atoms with Crippen LogP contribution in [0.2, 0.25) is 0 Å². The minimum absolute atomic E-state index is 0.118. The van der Waals surface area contributed by atoms with Crippen LogP contribution < -0.4 is 0 Å². The summed E-state index contributed by atoms with van der Waals surface area (Å²) in [5, 5.41) is 8.84. The molecular weight excluding hydrogens is 283 g/mol. The molecule has 1 atom stereocenters. The number of ether oxygens (including phenoxy) is 2. The van der Waals surface area contributed by atoms with Crippen molar-refractivity contribution in [3.8, 4) is 0 Å². The van der Waals surface area contributed by atoms with E-state index in [9.17, 15) is 9.18 Å². The molecule has 0 spiro atoms. The molecule has 4 nitrogen and oxygen atoms in total. The topological polar surface area (TPSA) is 55.8 Å². The summed E-state index contributed by atoms with van der Waals surface area (Å²) < 4.78 is 24.2. The van der Waals surface area contributed by atoms with Gasteiger partial charge in [0.1, 0.15) is 5.82 Å². The van der Waals surface area contributed by atoms with Gasteiger partial charge >= 0.3 is 5.97 Å². The second-order valence-corrected chi connectivity index (χ2v) is 5.63. The second-order valence-electron chi connectivity index (χ2n) is 4.46. The minimum Gasteiger partial charge on any atom is -0.478 e. The van der Waals surface area contributed by atoms with Crippen molar-refractivity contribution >= 4 is 17.7 Å². The molecule has 1 aliphatic heterocycles. The number of hydrogen-bond donors (Lipinski definition) is 1. The third-order valence-electron chi connectivity index (χ3n) is 2.96. The molecule has 1 aromatic rings. The molecule has 0 amide bonds. The van der Waals surface area contributed by atoms with Crippen LogP contribution >= 0.6 is 11.8 Å². The largest absolute Gasteiger partial charge is 0.478 e. The molecule has 0 saturated carbocycles. The van der Waals surface area contributed by atoms with Crippen LogP contribution in [0.25, 0.3) is 0 Å². The fourth-order valence-corrected chi connectivity index (χ4v) is 2.72. The summed E-state index contributed by atoms with van der Waals surface area (Å²) >= 11 is 1.44. The third-order valence-corrected chi connectivity index (χ3v) is 3.92. The van der Waals surface area contributed by atoms with Gasteiger partial charge in [0.15, 0.2) is 6.29 Å². The van der Waals surface area contributed by atoms with Crippen LogP contribution in [-0.2, 0) is 9.47 Å². The minimum atomic E-state index is -1.25. The number of carboxylic acid groups (broad SMARTS) is 1. The number of carboxylic acids is 1. The Bertz CT molecular complexity index is 460. The number of benzene rings is 1. The van der Waals surface area contributed by atoms with E-state index in [1.165, 1.54) is 23.9 Å². The molecule has 1 N–H and O–H groups in total. The SMILES string of the molecule is O=C(O)c1cc(SCCOC2CCCCO2)ccc1F. The van der Waals surface area contributed by atoms with Crippen LogP contribution in [0.4, 0.5) is 4.39 Å². The zero-order chi connectivity index (χ0) is 14.4. The summed E-state index contributed by atoms with van der Waals surface area (Å²) in [4.78, 5) is 11.5. The predicted octanol–water partition coefficient (Wildman–Crippen LogP) is 3.16. The fraction of sp³-hybridized carbons (Fsp3) is 0.500. The highest BCUT2D eigenvalue weighted by Crippen LogP contribution is 2.22. The Hall–Kier alpha value is -1.11. The molecule has 0 bridgehead atoms. The van der Waals surface area contributed by atoms with Crippen LogP contribution in [0.15, 0.2) is 23.1 Å². The van der Waals surface area contributed by atoms with Crippen LogP contribution in [0.5, 0.6) is 0 Å². The molecule has 110 valence electrons. The first-order valence-electron chi connectivity index (χ1n) is 6.55. The molecule has 0 aliphatic carbocycles. The van der Waals surface area contributed by atoms with Crippen molar-refractivity contribution in [3.05, 3.63) is 29.6 Å². The van der Waals surface area contributed by atoms with Gasteiger partial charge in [0, 0.05) is 17.3 Å². The van der Waals surface area contributed by atoms with Gasteiger partial charge in [-0.1, -0.05) is 0 Å². The fourth-order valence-electron chi connectivity index (χ4n) is 1.94. The van der Waals surface area contributed by atoms with Crippen molar-refractivity contribution in [1.82, 2.24) is 0 Å². The van der Waals surface area contributed by atoms with Gasteiger partial charge in [0.2, 0.25) is 0 Å². The number of carbonyl (C=O) groups is 1. The quantitative estimate of drug-likeness (QED) is 0.646. The zero-order valence-electron chi connectivity index (χ0n) is 11.0. The van der Waals surface area contributed by atoms with Gasteiger partial charge in [-0.15, -0.1) is 11.8 Å². The highest BCUT2D eigenvalue weighted by atomic mass is 32.2. The van der Waals surface area contributed by atoms with E-state index in [0.717, 1.165) is 30.8 Å². The molecule has 1 saturated heterocycles. The van der Waals surface area contributed by atoms with Gasteiger partial charge in [-0.05, 0) is 37.5 Å². The van der Waals surface area contributed by atoms with Crippen LogP contribution in [-0.4, -0.2) is 36.3 Å². The molecule has 20 heavy (non-hydrogen) atoms. The van der Waals surface area contributed by atoms with Crippen molar-refractivity contribution in [3.63, 3.8) is 0 Å². The molecule has 2 rings (SSSR count). The zero-order valence-corrected chi connectivity index (χ0v) is 11.8. The van der Waals surface area contributed by atoms with Crippen LogP contribution in [0.1, 0.15) is 29.6 Å². The van der Waals surface area contributed by atoms with E-state index < -0.39 is 11.8 Å². The lowest BCUT2D eigenvalue weighted by atomic mass is 10.2. The standard InChI is InChI=1S/C14H17FO4S/c15-12-5-4-10(9-11(12)14(16)17)20-8-7-19-13-3-1-2-6-18-13/h4-5,9,13H,1-3,6-8H2,(H,16,17). The number of aromatic carboxylic acids is 1. The van der Waals surface area contributed by atoms with Gasteiger partial charge in [0.25, 0.3) is 0 Å². The van der Waals surface area contributed by atoms with E-state index in [0.29, 0.717) is 12.4 Å². The van der Waals surface area contributed by atoms with Gasteiger partial charge in [-0.3, -0.25) is 0 Å². The molecule has 1 aliphatic rings. The summed E-state index contributed by atoms with van der Waals surface area (Å²) in [6.45, 7) is 1.27. The first-order valence-corrected chi connectivity index (χ1v) is 7.54. The maximum atomic E-state index is 13.2. The van der Waals surface area contributed by atoms with Gasteiger partial charge in [-0.25, -0.2) is 9.18 Å². The summed E-state index contributed by atoms with van der Waals surface area (Å²) in [5.41, 5.74) is -0.300. The molecule has 0 radical (unpaired) electrons. The lowest BCUT2D eigenvalue weighted by Crippen LogP contribution is -2.23. The van der Waals surface area contributed by atoms with Crippen LogP contribution in [0, 0.1) is 5.82 Å². The summed E-state index contributed by atoms with van der Waals surface area (Å²) in [6.07, 6.45) is 3.01. The Morgan fingerprint density at radius 1 is 1.50 bits per heavy atom. The summed E-state index contributed by atoms with van der Waals surface area (Å²) in [5.74, 6) is -1.30. The molecule has 1 heterocycles. The smallest absolute Gasteiger partial charge is 0.338 e. The van der Waals surface area contributed by atoms with Crippen molar-refractivity contribution in [2.45, 2.75) is 30.4 Å². The van der Waals surface area contributed by atoms with Gasteiger partial charge in [-0.2, -0.15) is 0 Å². The highest BCUT2D eigenvalue weighted by Gasteiger charge is 2.14. The molecule has 1 fully saturated rings. The molecule has 1 unspecified atom stereocenters. The Kier molecular flexibility index (Phi) is 5.82. The number of hydrogen-bond acceptors (Lipinski definition) is 4. The van der Waals surface area contributed by atoms with Crippen molar-refractivity contribution < 1.29 is 23.8 Å². The van der Waals surface area contributed by atoms with E-state index in [1.807, 2.05) is 0 Å². The average Bonchev–Trinajstić information content (AvgIpc) is 2.46. The summed E-state index contributed by atoms with van der Waals surface area (Å²) in [7, 11) is 0. The van der Waals surface area contributed by atoms with E-state index in [4.69, 9.17) is 14.6 Å². The summed E-state index contributed by atoms with van der Waals surface area (Å²) in [6, 6.07) is 4.10. The van der Waals surface area contributed by atoms with E-state index in [-0.39, 0.29) is 11.9 Å². The second kappa shape index (κ2) is 7.61. The normalized spacial score (nSPS) is 18.9. The lowest BCUT2D eigenvalue weighted by Gasteiger charge is -2.22. The maximum Gasteiger partial charge on any atom is 0.338 e. The number of halogens is 1. The molecule has 0 aromatic heterocycles.